The van der Waals surface area contributed by atoms with Crippen molar-refractivity contribution in [3.63, 3.8) is 0 Å². The summed E-state index contributed by atoms with van der Waals surface area (Å²) < 4.78 is 5.91. The molecule has 0 saturated carbocycles. The maximum atomic E-state index is 13.6. The van der Waals surface area contributed by atoms with Crippen LogP contribution in [0.5, 0.6) is 0 Å². The van der Waals surface area contributed by atoms with Crippen molar-refractivity contribution in [1.29, 1.82) is 0 Å². The molecule has 120 valence electrons. The Balaban J connectivity index is 1.80. The van der Waals surface area contributed by atoms with Crippen molar-refractivity contribution in [2.45, 2.75) is 24.6 Å². The Labute approximate surface area is 140 Å². The largest absolute Gasteiger partial charge is 0.356 e. The monoisotopic (exact) mass is 318 g/mol. The standard InChI is InChI=1S/C20H18N2O2/c23-18-15-9-4-5-11-17(15)22-13-21-19-16(10-6-12-24-19)20(18,22)14-7-2-1-3-8-14/h1-5,7-9,11,13,16,19H,6,10,12H2/t16-,19+,20-/m1/s1. The van der Waals surface area contributed by atoms with Crippen molar-refractivity contribution < 1.29 is 9.53 Å². The Kier molecular flexibility index (Phi) is 2.91. The van der Waals surface area contributed by atoms with Gasteiger partial charge in [0.2, 0.25) is 0 Å². The summed E-state index contributed by atoms with van der Waals surface area (Å²) in [5, 5.41) is 0. The molecule has 4 nitrogen and oxygen atoms in total. The summed E-state index contributed by atoms with van der Waals surface area (Å²) in [5.74, 6) is 0.189. The summed E-state index contributed by atoms with van der Waals surface area (Å²) in [6, 6.07) is 17.9. The first kappa shape index (κ1) is 13.9. The number of Topliss-reactive ketones (excluding diaryl/α,β-unsaturated/α-hetero) is 1. The fourth-order valence-electron chi connectivity index (χ4n) is 4.52. The lowest BCUT2D eigenvalue weighted by atomic mass is 9.70. The normalized spacial score (nSPS) is 30.7. The van der Waals surface area contributed by atoms with Crippen LogP contribution in [-0.2, 0) is 10.3 Å². The van der Waals surface area contributed by atoms with Gasteiger partial charge >= 0.3 is 0 Å². The summed E-state index contributed by atoms with van der Waals surface area (Å²) in [6.07, 6.45) is 3.47. The van der Waals surface area contributed by atoms with Gasteiger partial charge < -0.3 is 9.64 Å². The second-order valence-corrected chi connectivity index (χ2v) is 6.62. The summed E-state index contributed by atoms with van der Waals surface area (Å²) in [7, 11) is 0. The zero-order valence-corrected chi connectivity index (χ0v) is 13.3. The highest BCUT2D eigenvalue weighted by Crippen LogP contribution is 2.53. The van der Waals surface area contributed by atoms with Gasteiger partial charge in [-0.3, -0.25) is 4.79 Å². The highest BCUT2D eigenvalue weighted by atomic mass is 16.5. The number of fused-ring (bicyclic) bond motifs is 5. The van der Waals surface area contributed by atoms with E-state index in [1.165, 1.54) is 0 Å². The molecule has 0 unspecified atom stereocenters. The van der Waals surface area contributed by atoms with Gasteiger partial charge in [-0.05, 0) is 30.5 Å². The fourth-order valence-corrected chi connectivity index (χ4v) is 4.52. The Bertz CT molecular complexity index is 833. The Morgan fingerprint density at radius 1 is 1.08 bits per heavy atom. The first-order valence-electron chi connectivity index (χ1n) is 8.47. The van der Waals surface area contributed by atoms with Crippen molar-refractivity contribution >= 4 is 17.8 Å². The van der Waals surface area contributed by atoms with Crippen molar-refractivity contribution in [3.05, 3.63) is 65.7 Å². The molecule has 0 amide bonds. The lowest BCUT2D eigenvalue weighted by Crippen LogP contribution is -2.60. The zero-order chi connectivity index (χ0) is 16.1. The molecule has 3 heterocycles. The van der Waals surface area contributed by atoms with E-state index in [1.54, 1.807) is 0 Å². The number of benzene rings is 2. The number of anilines is 1. The summed E-state index contributed by atoms with van der Waals surface area (Å²) in [5.41, 5.74) is 2.01. The second-order valence-electron chi connectivity index (χ2n) is 6.62. The first-order chi connectivity index (χ1) is 11.8. The predicted molar refractivity (Wildman–Crippen MR) is 92.3 cm³/mol. The number of hydrogen-bond donors (Lipinski definition) is 0. The quantitative estimate of drug-likeness (QED) is 0.809. The number of ether oxygens (including phenoxy) is 1. The third-order valence-electron chi connectivity index (χ3n) is 5.51. The Hall–Kier alpha value is -2.46. The molecular weight excluding hydrogens is 300 g/mol. The van der Waals surface area contributed by atoms with Gasteiger partial charge in [0.1, 0.15) is 5.54 Å². The third kappa shape index (κ3) is 1.61. The molecule has 5 rings (SSSR count). The molecule has 3 aliphatic rings. The van der Waals surface area contributed by atoms with E-state index in [0.29, 0.717) is 6.61 Å². The van der Waals surface area contributed by atoms with Crippen LogP contribution in [0.4, 0.5) is 5.69 Å². The maximum absolute atomic E-state index is 13.6. The smallest absolute Gasteiger partial charge is 0.195 e. The number of nitrogens with zero attached hydrogens (tertiary/aromatic N) is 2. The van der Waals surface area contributed by atoms with Crippen LogP contribution in [0.3, 0.4) is 0 Å². The van der Waals surface area contributed by atoms with Gasteiger partial charge in [-0.2, -0.15) is 0 Å². The number of carbonyl (C=O) groups is 1. The van der Waals surface area contributed by atoms with E-state index in [9.17, 15) is 4.79 Å². The fraction of sp³-hybridized carbons (Fsp3) is 0.300. The van der Waals surface area contributed by atoms with Crippen molar-refractivity contribution in [3.8, 4) is 0 Å². The second kappa shape index (κ2) is 5.02. The van der Waals surface area contributed by atoms with Crippen LogP contribution in [0, 0.1) is 5.92 Å². The van der Waals surface area contributed by atoms with Crippen LogP contribution in [0.15, 0.2) is 59.6 Å². The Morgan fingerprint density at radius 3 is 2.75 bits per heavy atom. The van der Waals surface area contributed by atoms with Crippen LogP contribution in [0.2, 0.25) is 0 Å². The van der Waals surface area contributed by atoms with E-state index in [0.717, 1.165) is 29.7 Å². The minimum atomic E-state index is -0.738. The third-order valence-corrected chi connectivity index (χ3v) is 5.51. The van der Waals surface area contributed by atoms with Crippen molar-refractivity contribution in [1.82, 2.24) is 0 Å². The molecule has 2 aromatic carbocycles. The molecule has 24 heavy (non-hydrogen) atoms. The van der Waals surface area contributed by atoms with Gasteiger partial charge in [0.15, 0.2) is 12.0 Å². The summed E-state index contributed by atoms with van der Waals surface area (Å²) in [6.45, 7) is 0.713. The lowest BCUT2D eigenvalue weighted by Gasteiger charge is -2.49. The van der Waals surface area contributed by atoms with Gasteiger partial charge in [-0.1, -0.05) is 42.5 Å². The van der Waals surface area contributed by atoms with E-state index in [4.69, 9.17) is 4.74 Å². The predicted octanol–water partition coefficient (Wildman–Crippen LogP) is 3.38. The Morgan fingerprint density at radius 2 is 1.88 bits per heavy atom. The van der Waals surface area contributed by atoms with E-state index >= 15 is 0 Å². The lowest BCUT2D eigenvalue weighted by molar-refractivity contribution is -0.0465. The van der Waals surface area contributed by atoms with Gasteiger partial charge in [0.05, 0.1) is 12.0 Å². The van der Waals surface area contributed by atoms with E-state index in [-0.39, 0.29) is 17.9 Å². The van der Waals surface area contributed by atoms with Crippen LogP contribution < -0.4 is 4.90 Å². The van der Waals surface area contributed by atoms with Crippen LogP contribution in [0.1, 0.15) is 28.8 Å². The molecule has 1 saturated heterocycles. The molecule has 0 N–H and O–H groups in total. The molecule has 0 radical (unpaired) electrons. The van der Waals surface area contributed by atoms with E-state index in [1.807, 2.05) is 48.8 Å². The van der Waals surface area contributed by atoms with Crippen LogP contribution >= 0.6 is 0 Å². The zero-order valence-electron chi connectivity index (χ0n) is 13.3. The average molecular weight is 318 g/mol. The molecular formula is C20H18N2O2. The molecule has 0 aromatic heterocycles. The number of rotatable bonds is 1. The first-order valence-corrected chi connectivity index (χ1v) is 8.47. The number of carbonyl (C=O) groups excluding carboxylic acids is 1. The van der Waals surface area contributed by atoms with E-state index in [2.05, 4.69) is 22.0 Å². The summed E-state index contributed by atoms with van der Waals surface area (Å²) in [4.78, 5) is 20.4. The molecule has 0 bridgehead atoms. The van der Waals surface area contributed by atoms with Crippen molar-refractivity contribution in [2.75, 3.05) is 11.5 Å². The minimum absolute atomic E-state index is 0.0264. The SMILES string of the molecule is O=C1c2ccccc2N2C=N[C@H]3OCCC[C@H]3[C@]12c1ccccc1. The topological polar surface area (TPSA) is 41.9 Å². The molecule has 2 aromatic rings. The minimum Gasteiger partial charge on any atom is -0.356 e. The average Bonchev–Trinajstić information content (AvgIpc) is 2.93. The van der Waals surface area contributed by atoms with Gasteiger partial charge in [-0.15, -0.1) is 0 Å². The van der Waals surface area contributed by atoms with E-state index < -0.39 is 5.54 Å². The van der Waals surface area contributed by atoms with Gasteiger partial charge in [-0.25, -0.2) is 4.99 Å². The summed E-state index contributed by atoms with van der Waals surface area (Å²) >= 11 is 0. The number of hydrogen-bond acceptors (Lipinski definition) is 4. The molecule has 0 aliphatic carbocycles. The van der Waals surface area contributed by atoms with Gasteiger partial charge in [0.25, 0.3) is 0 Å². The highest BCUT2D eigenvalue weighted by Gasteiger charge is 2.61. The number of para-hydroxylation sites is 1. The molecule has 4 heteroatoms. The molecule has 3 aliphatic heterocycles. The maximum Gasteiger partial charge on any atom is 0.195 e. The number of aliphatic imine (C=N–C) groups is 1. The van der Waals surface area contributed by atoms with Gasteiger partial charge in [0, 0.05) is 18.1 Å². The van der Waals surface area contributed by atoms with Crippen LogP contribution in [0.25, 0.3) is 0 Å². The molecule has 1 fully saturated rings. The highest BCUT2D eigenvalue weighted by molar-refractivity contribution is 6.19. The van der Waals surface area contributed by atoms with Crippen molar-refractivity contribution in [2.24, 2.45) is 10.9 Å². The van der Waals surface area contributed by atoms with Crippen LogP contribution in [-0.4, -0.2) is 25.0 Å². The molecule has 0 spiro atoms. The number of ketones is 1. The molecule has 3 atom stereocenters.